The summed E-state index contributed by atoms with van der Waals surface area (Å²) >= 11 is 17.4. The van der Waals surface area contributed by atoms with Crippen molar-refractivity contribution in [2.24, 2.45) is 0 Å². The second-order valence-electron chi connectivity index (χ2n) is 4.77. The van der Waals surface area contributed by atoms with E-state index < -0.39 is 38.6 Å². The molecule has 0 heterocycles. The largest absolute Gasteiger partial charge is 0.418 e. The van der Waals surface area contributed by atoms with Gasteiger partial charge in [0.15, 0.2) is 0 Å². The Morgan fingerprint density at radius 3 is 1.96 bits per heavy atom. The summed E-state index contributed by atoms with van der Waals surface area (Å²) in [6.45, 7) is 0. The molecule has 2 aromatic carbocycles. The van der Waals surface area contributed by atoms with Crippen LogP contribution in [0, 0.1) is 20.2 Å². The first-order valence-electron chi connectivity index (χ1n) is 6.37. The molecule has 0 bridgehead atoms. The predicted octanol–water partition coefficient (Wildman–Crippen LogP) is 6.23. The monoisotopic (exact) mass is 429 g/mol. The SMILES string of the molecule is O=[N+]([O-])c1cc([N+](=O)[O-])c(Nc2cc(Cl)c(Cl)cc2Cl)c(C(F)(F)F)c1. The molecule has 0 aliphatic heterocycles. The summed E-state index contributed by atoms with van der Waals surface area (Å²) in [7, 11) is 0. The zero-order valence-electron chi connectivity index (χ0n) is 12.1. The number of nitro groups is 2. The highest BCUT2D eigenvalue weighted by atomic mass is 35.5. The molecular weight excluding hydrogens is 426 g/mol. The van der Waals surface area contributed by atoms with Gasteiger partial charge < -0.3 is 5.32 Å². The molecule has 0 atom stereocenters. The molecule has 0 amide bonds. The summed E-state index contributed by atoms with van der Waals surface area (Å²) in [5, 5.41) is 23.9. The smallest absolute Gasteiger partial charge is 0.348 e. The third-order valence-corrected chi connectivity index (χ3v) is 4.12. The van der Waals surface area contributed by atoms with E-state index in [1.54, 1.807) is 0 Å². The van der Waals surface area contributed by atoms with Gasteiger partial charge in [-0.1, -0.05) is 34.8 Å². The topological polar surface area (TPSA) is 98.3 Å². The number of halogens is 6. The lowest BCUT2D eigenvalue weighted by atomic mass is 10.1. The van der Waals surface area contributed by atoms with Gasteiger partial charge in [0.25, 0.3) is 11.4 Å². The highest BCUT2D eigenvalue weighted by Gasteiger charge is 2.39. The minimum absolute atomic E-state index is 0.0106. The predicted molar refractivity (Wildman–Crippen MR) is 89.5 cm³/mol. The summed E-state index contributed by atoms with van der Waals surface area (Å²) < 4.78 is 39.9. The molecule has 0 fully saturated rings. The van der Waals surface area contributed by atoms with Gasteiger partial charge in [-0.05, 0) is 12.1 Å². The Morgan fingerprint density at radius 2 is 1.46 bits per heavy atom. The summed E-state index contributed by atoms with van der Waals surface area (Å²) in [5.74, 6) is 0. The maximum absolute atomic E-state index is 13.3. The van der Waals surface area contributed by atoms with Crippen LogP contribution in [0.5, 0.6) is 0 Å². The maximum atomic E-state index is 13.3. The van der Waals surface area contributed by atoms with Gasteiger partial charge in [-0.15, -0.1) is 0 Å². The first-order chi connectivity index (χ1) is 11.9. The molecule has 2 rings (SSSR count). The van der Waals surface area contributed by atoms with Gasteiger partial charge in [0.2, 0.25) is 0 Å². The lowest BCUT2D eigenvalue weighted by molar-refractivity contribution is -0.394. The van der Waals surface area contributed by atoms with Crippen LogP contribution < -0.4 is 5.32 Å². The molecule has 1 N–H and O–H groups in total. The van der Waals surface area contributed by atoms with Gasteiger partial charge in [0, 0.05) is 6.07 Å². The number of nitro benzene ring substituents is 2. The normalized spacial score (nSPS) is 11.3. The van der Waals surface area contributed by atoms with Crippen LogP contribution in [-0.4, -0.2) is 9.85 Å². The van der Waals surface area contributed by atoms with Crippen molar-refractivity contribution in [2.45, 2.75) is 6.18 Å². The van der Waals surface area contributed by atoms with Crippen LogP contribution in [0.1, 0.15) is 5.56 Å². The fourth-order valence-corrected chi connectivity index (χ4v) is 2.56. The first kappa shape index (κ1) is 20.0. The summed E-state index contributed by atoms with van der Waals surface area (Å²) in [4.78, 5) is 19.6. The Morgan fingerprint density at radius 1 is 0.885 bits per heavy atom. The Hall–Kier alpha value is -2.30. The van der Waals surface area contributed by atoms with E-state index in [0.717, 1.165) is 12.1 Å². The Labute approximate surface area is 157 Å². The number of hydrogen-bond donors (Lipinski definition) is 1. The molecule has 0 saturated heterocycles. The molecule has 2 aromatic rings. The van der Waals surface area contributed by atoms with E-state index >= 15 is 0 Å². The van der Waals surface area contributed by atoms with E-state index in [-0.39, 0.29) is 26.8 Å². The molecule has 0 aromatic heterocycles. The van der Waals surface area contributed by atoms with E-state index in [1.165, 1.54) is 0 Å². The third kappa shape index (κ3) is 4.09. The van der Waals surface area contributed by atoms with Crippen LogP contribution in [0.15, 0.2) is 24.3 Å². The van der Waals surface area contributed by atoms with Crippen LogP contribution in [0.2, 0.25) is 15.1 Å². The summed E-state index contributed by atoms with van der Waals surface area (Å²) in [6, 6.07) is 2.78. The van der Waals surface area contributed by atoms with Gasteiger partial charge in [-0.3, -0.25) is 20.2 Å². The zero-order chi connectivity index (χ0) is 19.8. The quantitative estimate of drug-likeness (QED) is 0.352. The van der Waals surface area contributed by atoms with E-state index in [2.05, 4.69) is 5.32 Å². The van der Waals surface area contributed by atoms with Crippen molar-refractivity contribution < 1.29 is 23.0 Å². The van der Waals surface area contributed by atoms with Crippen LogP contribution in [0.4, 0.5) is 35.9 Å². The fraction of sp³-hybridized carbons (Fsp3) is 0.0769. The van der Waals surface area contributed by atoms with Crippen molar-refractivity contribution in [3.8, 4) is 0 Å². The van der Waals surface area contributed by atoms with Gasteiger partial charge in [-0.25, -0.2) is 0 Å². The number of alkyl halides is 3. The average Bonchev–Trinajstić information content (AvgIpc) is 2.50. The van der Waals surface area contributed by atoms with Crippen molar-refractivity contribution in [3.05, 3.63) is 65.1 Å². The zero-order valence-corrected chi connectivity index (χ0v) is 14.4. The lowest BCUT2D eigenvalue weighted by Gasteiger charge is -2.16. The van der Waals surface area contributed by atoms with Gasteiger partial charge in [0.05, 0.1) is 42.2 Å². The number of rotatable bonds is 4. The Bertz CT molecular complexity index is 922. The number of nitrogens with one attached hydrogen (secondary N) is 1. The minimum Gasteiger partial charge on any atom is -0.348 e. The number of nitrogens with zero attached hydrogens (tertiary/aromatic N) is 2. The molecule has 0 aliphatic carbocycles. The molecule has 26 heavy (non-hydrogen) atoms. The minimum atomic E-state index is -5.12. The average molecular weight is 431 g/mol. The Balaban J connectivity index is 2.76. The highest BCUT2D eigenvalue weighted by Crippen LogP contribution is 2.45. The summed E-state index contributed by atoms with van der Waals surface area (Å²) in [6.07, 6.45) is -5.12. The van der Waals surface area contributed by atoms with Crippen molar-refractivity contribution >= 4 is 57.6 Å². The molecule has 0 spiro atoms. The van der Waals surface area contributed by atoms with Crippen LogP contribution in [0.25, 0.3) is 0 Å². The van der Waals surface area contributed by atoms with Gasteiger partial charge in [-0.2, -0.15) is 13.2 Å². The number of anilines is 2. The molecule has 7 nitrogen and oxygen atoms in total. The number of hydrogen-bond acceptors (Lipinski definition) is 5. The van der Waals surface area contributed by atoms with Crippen LogP contribution >= 0.6 is 34.8 Å². The molecule has 0 radical (unpaired) electrons. The van der Waals surface area contributed by atoms with E-state index in [4.69, 9.17) is 34.8 Å². The molecule has 13 heteroatoms. The Kier molecular flexibility index (Phi) is 5.49. The van der Waals surface area contributed by atoms with E-state index in [1.807, 2.05) is 0 Å². The second-order valence-corrected chi connectivity index (χ2v) is 5.99. The van der Waals surface area contributed by atoms with E-state index in [0.29, 0.717) is 6.07 Å². The van der Waals surface area contributed by atoms with E-state index in [9.17, 15) is 33.4 Å². The maximum Gasteiger partial charge on any atom is 0.418 e. The standard InChI is InChI=1S/C13H5Cl3F3N3O4/c14-7-3-9(16)10(4-8(7)15)20-12-6(13(17,18)19)1-5(21(23)24)2-11(12)22(25)26/h1-4,20H. The van der Waals surface area contributed by atoms with Gasteiger partial charge in [0.1, 0.15) is 5.69 Å². The third-order valence-electron chi connectivity index (χ3n) is 3.08. The van der Waals surface area contributed by atoms with Crippen molar-refractivity contribution in [3.63, 3.8) is 0 Å². The van der Waals surface area contributed by atoms with Crippen LogP contribution in [-0.2, 0) is 6.18 Å². The fourth-order valence-electron chi connectivity index (χ4n) is 1.97. The molecule has 138 valence electrons. The number of non-ortho nitro benzene ring substituents is 1. The molecule has 0 saturated carbocycles. The highest BCUT2D eigenvalue weighted by molar-refractivity contribution is 6.44. The van der Waals surface area contributed by atoms with Crippen molar-refractivity contribution in [1.29, 1.82) is 0 Å². The van der Waals surface area contributed by atoms with Crippen molar-refractivity contribution in [1.82, 2.24) is 0 Å². The molecule has 0 unspecified atom stereocenters. The summed E-state index contributed by atoms with van der Waals surface area (Å²) in [5.41, 5.74) is -5.08. The number of benzene rings is 2. The molecule has 0 aliphatic rings. The van der Waals surface area contributed by atoms with Crippen molar-refractivity contribution in [2.75, 3.05) is 5.32 Å². The first-order valence-corrected chi connectivity index (χ1v) is 7.50. The van der Waals surface area contributed by atoms with Crippen LogP contribution in [0.3, 0.4) is 0 Å². The lowest BCUT2D eigenvalue weighted by Crippen LogP contribution is -2.12. The molecular formula is C13H5Cl3F3N3O4. The second kappa shape index (κ2) is 7.14. The van der Waals surface area contributed by atoms with Gasteiger partial charge >= 0.3 is 6.18 Å².